The van der Waals surface area contributed by atoms with Crippen LogP contribution in [0.1, 0.15) is 46.5 Å². The SMILES string of the molecule is CC(C)(C)OC(=O)N1CCCC1CONC(=O)[C@@H]1CC[C@@H]2CN1C(=O)N2O. The zero-order valence-electron chi connectivity index (χ0n) is 16.0. The number of hydroxylamine groups is 3. The number of rotatable bonds is 4. The lowest BCUT2D eigenvalue weighted by molar-refractivity contribution is -0.140. The molecule has 3 aliphatic heterocycles. The number of nitrogens with zero attached hydrogens (tertiary/aromatic N) is 3. The number of urea groups is 1. The molecule has 2 bridgehead atoms. The molecule has 10 nitrogen and oxygen atoms in total. The lowest BCUT2D eigenvalue weighted by atomic mass is 10.0. The number of nitrogens with one attached hydrogen (secondary N) is 1. The van der Waals surface area contributed by atoms with Crippen molar-refractivity contribution in [3.8, 4) is 0 Å². The minimum atomic E-state index is -0.656. The quantitative estimate of drug-likeness (QED) is 0.554. The second-order valence-corrected chi connectivity index (χ2v) is 8.27. The van der Waals surface area contributed by atoms with Crippen LogP contribution in [0, 0.1) is 0 Å². The van der Waals surface area contributed by atoms with E-state index in [-0.39, 0.29) is 24.8 Å². The van der Waals surface area contributed by atoms with Gasteiger partial charge in [0.1, 0.15) is 11.6 Å². The standard InChI is InChI=1S/C17H28N4O6/c1-17(2,3)27-16(24)19-8-4-5-12(19)10-26-18-14(22)13-7-6-11-9-20(13)15(23)21(11)25/h11-13,25H,4-10H2,1-3H3,(H,18,22)/t11-,12?,13+/m1/s1. The molecule has 27 heavy (non-hydrogen) atoms. The van der Waals surface area contributed by atoms with Crippen molar-refractivity contribution in [3.05, 3.63) is 0 Å². The van der Waals surface area contributed by atoms with Gasteiger partial charge in [0.2, 0.25) is 0 Å². The Balaban J connectivity index is 1.47. The molecule has 3 aliphatic rings. The maximum absolute atomic E-state index is 12.4. The number of hydrogen-bond donors (Lipinski definition) is 2. The molecule has 152 valence electrons. The summed E-state index contributed by atoms with van der Waals surface area (Å²) < 4.78 is 5.40. The lowest BCUT2D eigenvalue weighted by Gasteiger charge is -2.30. The smallest absolute Gasteiger partial charge is 0.410 e. The molecule has 3 atom stereocenters. The van der Waals surface area contributed by atoms with E-state index in [1.165, 1.54) is 4.90 Å². The Kier molecular flexibility index (Phi) is 5.48. The average Bonchev–Trinajstić information content (AvgIpc) is 3.14. The van der Waals surface area contributed by atoms with Crippen molar-refractivity contribution in [2.75, 3.05) is 19.7 Å². The predicted octanol–water partition coefficient (Wildman–Crippen LogP) is 1.09. The molecular formula is C17H28N4O6. The Morgan fingerprint density at radius 2 is 2.00 bits per heavy atom. The second-order valence-electron chi connectivity index (χ2n) is 8.27. The van der Waals surface area contributed by atoms with Crippen LogP contribution in [0.15, 0.2) is 0 Å². The van der Waals surface area contributed by atoms with Crippen LogP contribution in [-0.2, 0) is 14.4 Å². The van der Waals surface area contributed by atoms with Crippen LogP contribution < -0.4 is 5.48 Å². The third-order valence-corrected chi connectivity index (χ3v) is 5.10. The van der Waals surface area contributed by atoms with Crippen LogP contribution in [0.3, 0.4) is 0 Å². The fraction of sp³-hybridized carbons (Fsp3) is 0.824. The summed E-state index contributed by atoms with van der Waals surface area (Å²) in [6.07, 6.45) is 2.26. The fourth-order valence-electron chi connectivity index (χ4n) is 3.77. The Morgan fingerprint density at radius 3 is 2.70 bits per heavy atom. The fourth-order valence-corrected chi connectivity index (χ4v) is 3.77. The van der Waals surface area contributed by atoms with Crippen molar-refractivity contribution in [1.82, 2.24) is 20.3 Å². The summed E-state index contributed by atoms with van der Waals surface area (Å²) in [5.74, 6) is -0.418. The number of ether oxygens (including phenoxy) is 1. The van der Waals surface area contributed by atoms with Gasteiger partial charge in [-0.05, 0) is 46.5 Å². The van der Waals surface area contributed by atoms with Crippen molar-refractivity contribution < 1.29 is 29.2 Å². The molecule has 3 heterocycles. The van der Waals surface area contributed by atoms with Crippen LogP contribution >= 0.6 is 0 Å². The molecule has 0 aromatic heterocycles. The lowest BCUT2D eigenvalue weighted by Crippen LogP contribution is -2.50. The molecule has 0 aromatic rings. The van der Waals surface area contributed by atoms with Gasteiger partial charge < -0.3 is 14.5 Å². The van der Waals surface area contributed by atoms with Crippen LogP contribution in [-0.4, -0.2) is 81.5 Å². The Morgan fingerprint density at radius 1 is 1.26 bits per heavy atom. The van der Waals surface area contributed by atoms with E-state index in [0.29, 0.717) is 31.0 Å². The number of fused-ring (bicyclic) bond motifs is 2. The topological polar surface area (TPSA) is 112 Å². The molecule has 0 aromatic carbocycles. The summed E-state index contributed by atoms with van der Waals surface area (Å²) in [5, 5.41) is 10.4. The summed E-state index contributed by atoms with van der Waals surface area (Å²) in [7, 11) is 0. The van der Waals surface area contributed by atoms with Crippen LogP contribution in [0.2, 0.25) is 0 Å². The van der Waals surface area contributed by atoms with Gasteiger partial charge >= 0.3 is 12.1 Å². The van der Waals surface area contributed by atoms with E-state index in [0.717, 1.165) is 12.8 Å². The Hall–Kier alpha value is -2.07. The number of amides is 4. The zero-order valence-corrected chi connectivity index (χ0v) is 16.0. The molecule has 0 radical (unpaired) electrons. The van der Waals surface area contributed by atoms with Gasteiger partial charge in [-0.1, -0.05) is 0 Å². The summed E-state index contributed by atoms with van der Waals surface area (Å²) >= 11 is 0. The molecule has 4 amide bonds. The van der Waals surface area contributed by atoms with E-state index in [4.69, 9.17) is 9.57 Å². The van der Waals surface area contributed by atoms with Gasteiger partial charge in [-0.2, -0.15) is 0 Å². The number of carbonyl (C=O) groups excluding carboxylic acids is 3. The first-order valence-corrected chi connectivity index (χ1v) is 9.37. The van der Waals surface area contributed by atoms with E-state index in [9.17, 15) is 19.6 Å². The largest absolute Gasteiger partial charge is 0.444 e. The van der Waals surface area contributed by atoms with Crippen molar-refractivity contribution in [2.24, 2.45) is 0 Å². The third kappa shape index (κ3) is 4.27. The number of piperidine rings is 1. The summed E-state index contributed by atoms with van der Waals surface area (Å²) in [4.78, 5) is 44.9. The minimum Gasteiger partial charge on any atom is -0.444 e. The summed E-state index contributed by atoms with van der Waals surface area (Å²) in [6.45, 7) is 6.52. The molecule has 0 saturated carbocycles. The number of hydrogen-bond acceptors (Lipinski definition) is 6. The second kappa shape index (κ2) is 7.51. The van der Waals surface area contributed by atoms with Crippen LogP contribution in [0.25, 0.3) is 0 Å². The van der Waals surface area contributed by atoms with E-state index in [1.807, 2.05) is 20.8 Å². The maximum atomic E-state index is 12.4. The monoisotopic (exact) mass is 384 g/mol. The highest BCUT2D eigenvalue weighted by molar-refractivity contribution is 5.87. The van der Waals surface area contributed by atoms with Gasteiger partial charge in [-0.25, -0.2) is 20.1 Å². The first-order chi connectivity index (χ1) is 12.7. The summed E-state index contributed by atoms with van der Waals surface area (Å²) in [6, 6.07) is -1.62. The van der Waals surface area contributed by atoms with Gasteiger partial charge in [-0.3, -0.25) is 14.8 Å². The van der Waals surface area contributed by atoms with Gasteiger partial charge in [0.25, 0.3) is 5.91 Å². The first kappa shape index (κ1) is 19.7. The Labute approximate surface area is 158 Å². The molecule has 2 N–H and O–H groups in total. The average molecular weight is 384 g/mol. The predicted molar refractivity (Wildman–Crippen MR) is 92.6 cm³/mol. The molecular weight excluding hydrogens is 356 g/mol. The van der Waals surface area contributed by atoms with Crippen LogP contribution in [0.4, 0.5) is 9.59 Å². The van der Waals surface area contributed by atoms with Gasteiger partial charge in [0.15, 0.2) is 0 Å². The van der Waals surface area contributed by atoms with Crippen molar-refractivity contribution in [1.29, 1.82) is 0 Å². The van der Waals surface area contributed by atoms with E-state index in [1.54, 1.807) is 4.90 Å². The molecule has 3 saturated heterocycles. The normalized spacial score (nSPS) is 27.9. The van der Waals surface area contributed by atoms with Gasteiger partial charge in [-0.15, -0.1) is 0 Å². The maximum Gasteiger partial charge on any atom is 0.410 e. The molecule has 3 rings (SSSR count). The highest BCUT2D eigenvalue weighted by Crippen LogP contribution is 2.28. The van der Waals surface area contributed by atoms with Crippen LogP contribution in [0.5, 0.6) is 0 Å². The van der Waals surface area contributed by atoms with Crippen molar-refractivity contribution in [2.45, 2.75) is 70.2 Å². The molecule has 1 unspecified atom stereocenters. The van der Waals surface area contributed by atoms with E-state index in [2.05, 4.69) is 5.48 Å². The number of likely N-dealkylation sites (tertiary alicyclic amines) is 1. The summed E-state index contributed by atoms with van der Waals surface area (Å²) in [5.41, 5.74) is 1.82. The van der Waals surface area contributed by atoms with Gasteiger partial charge in [0, 0.05) is 13.1 Å². The zero-order chi connectivity index (χ0) is 19.8. The third-order valence-electron chi connectivity index (χ3n) is 5.10. The van der Waals surface area contributed by atoms with Gasteiger partial charge in [0.05, 0.1) is 18.7 Å². The van der Waals surface area contributed by atoms with E-state index >= 15 is 0 Å². The molecule has 3 fully saturated rings. The highest BCUT2D eigenvalue weighted by Gasteiger charge is 2.47. The van der Waals surface area contributed by atoms with E-state index < -0.39 is 23.6 Å². The van der Waals surface area contributed by atoms with Crippen molar-refractivity contribution in [3.63, 3.8) is 0 Å². The highest BCUT2D eigenvalue weighted by atomic mass is 16.7. The number of carbonyl (C=O) groups is 3. The minimum absolute atomic E-state index is 0.153. The molecule has 10 heteroatoms. The van der Waals surface area contributed by atoms with Crippen molar-refractivity contribution >= 4 is 18.0 Å². The Bertz CT molecular complexity index is 607. The molecule has 0 spiro atoms. The molecule has 0 aliphatic carbocycles. The first-order valence-electron chi connectivity index (χ1n) is 9.37.